The van der Waals surface area contributed by atoms with Gasteiger partial charge in [0, 0.05) is 45.9 Å². The first-order valence-electron chi connectivity index (χ1n) is 13.6. The fraction of sp³-hybridized carbons (Fsp3) is 0.464. The number of aromatic nitrogens is 3. The normalized spacial score (nSPS) is 26.7. The number of aromatic carboxylic acids is 1. The van der Waals surface area contributed by atoms with Gasteiger partial charge in [-0.1, -0.05) is 17.7 Å². The minimum atomic E-state index is -0.960. The van der Waals surface area contributed by atoms with Crippen LogP contribution in [0.4, 0.5) is 0 Å². The van der Waals surface area contributed by atoms with Crippen LogP contribution in [0.15, 0.2) is 48.0 Å². The first kappa shape index (κ1) is 26.0. The summed E-state index contributed by atoms with van der Waals surface area (Å²) in [5.41, 5.74) is 2.65. The summed E-state index contributed by atoms with van der Waals surface area (Å²) in [6.45, 7) is 7.52. The van der Waals surface area contributed by atoms with Gasteiger partial charge in [-0.2, -0.15) is 0 Å². The molecule has 3 saturated heterocycles. The lowest BCUT2D eigenvalue weighted by Gasteiger charge is -2.37. The molecule has 6 heterocycles. The van der Waals surface area contributed by atoms with Crippen LogP contribution in [-0.2, 0) is 33.1 Å². The molecule has 3 aliphatic heterocycles. The quantitative estimate of drug-likeness (QED) is 0.438. The summed E-state index contributed by atoms with van der Waals surface area (Å²) >= 11 is 7.27. The lowest BCUT2D eigenvalue weighted by atomic mass is 10.1. The highest BCUT2D eigenvalue weighted by atomic mass is 35.5. The van der Waals surface area contributed by atoms with Gasteiger partial charge < -0.3 is 28.8 Å². The maximum absolute atomic E-state index is 11.5. The number of carboxylic acid groups (broad SMARTS) is 1. The van der Waals surface area contributed by atoms with Crippen molar-refractivity contribution in [2.24, 2.45) is 0 Å². The molecule has 12 heteroatoms. The van der Waals surface area contributed by atoms with Crippen LogP contribution in [0.3, 0.4) is 0 Å². The second-order valence-electron chi connectivity index (χ2n) is 10.7. The van der Waals surface area contributed by atoms with Crippen LogP contribution in [0.5, 0.6) is 0 Å². The number of carboxylic acids is 1. The molecule has 3 atom stereocenters. The average molecular weight is 584 g/mol. The van der Waals surface area contributed by atoms with E-state index in [1.165, 1.54) is 11.3 Å². The Morgan fingerprint density at radius 1 is 1.27 bits per heavy atom. The lowest BCUT2D eigenvalue weighted by molar-refractivity contribution is -0.158. The van der Waals surface area contributed by atoms with E-state index in [9.17, 15) is 9.90 Å². The third-order valence-corrected chi connectivity index (χ3v) is 9.26. The Balaban J connectivity index is 1.06. The zero-order valence-electron chi connectivity index (χ0n) is 22.1. The monoisotopic (exact) mass is 583 g/mol. The van der Waals surface area contributed by atoms with E-state index in [4.69, 9.17) is 30.8 Å². The molecule has 3 aromatic heterocycles. The van der Waals surface area contributed by atoms with Crippen LogP contribution < -0.4 is 0 Å². The Morgan fingerprint density at radius 2 is 2.10 bits per heavy atom. The summed E-state index contributed by atoms with van der Waals surface area (Å²) in [4.78, 5) is 26.7. The number of nitrogens with zero attached hydrogens (tertiary/aromatic N) is 5. The fourth-order valence-electron chi connectivity index (χ4n) is 5.77. The summed E-state index contributed by atoms with van der Waals surface area (Å²) in [6, 6.07) is 5.39. The van der Waals surface area contributed by atoms with Crippen molar-refractivity contribution < 1.29 is 24.1 Å². The first-order chi connectivity index (χ1) is 19.4. The molecular weight excluding hydrogens is 554 g/mol. The van der Waals surface area contributed by atoms with Crippen molar-refractivity contribution in [3.05, 3.63) is 69.4 Å². The number of hydrogen-bond acceptors (Lipinski definition) is 9. The maximum atomic E-state index is 11.5. The van der Waals surface area contributed by atoms with E-state index in [-0.39, 0.29) is 12.2 Å². The van der Waals surface area contributed by atoms with Gasteiger partial charge in [0.25, 0.3) is 5.79 Å². The van der Waals surface area contributed by atoms with Gasteiger partial charge in [0.2, 0.25) is 0 Å². The van der Waals surface area contributed by atoms with Gasteiger partial charge in [0.05, 0.1) is 35.4 Å². The van der Waals surface area contributed by atoms with Crippen LogP contribution >= 0.6 is 22.9 Å². The van der Waals surface area contributed by atoms with E-state index in [1.54, 1.807) is 18.3 Å². The van der Waals surface area contributed by atoms with Crippen LogP contribution in [0.1, 0.15) is 41.0 Å². The molecule has 1 aliphatic carbocycles. The predicted octanol–water partition coefficient (Wildman–Crippen LogP) is 4.21. The second-order valence-corrected chi connectivity index (χ2v) is 12.2. The topological polar surface area (TPSA) is 102 Å². The minimum Gasteiger partial charge on any atom is -0.477 e. The molecule has 0 spiro atoms. The summed E-state index contributed by atoms with van der Waals surface area (Å²) in [7, 11) is 0. The van der Waals surface area contributed by atoms with Gasteiger partial charge in [0.15, 0.2) is 5.76 Å². The average Bonchev–Trinajstić information content (AvgIpc) is 3.58. The van der Waals surface area contributed by atoms with E-state index in [0.29, 0.717) is 28.7 Å². The lowest BCUT2D eigenvalue weighted by Crippen LogP contribution is -2.46. The fourth-order valence-corrected chi connectivity index (χ4v) is 6.77. The molecule has 0 amide bonds. The van der Waals surface area contributed by atoms with Crippen molar-refractivity contribution in [2.45, 2.75) is 50.8 Å². The highest BCUT2D eigenvalue weighted by Gasteiger charge is 2.46. The second kappa shape index (κ2) is 10.1. The molecule has 3 fully saturated rings. The number of thiophene rings is 1. The van der Waals surface area contributed by atoms with E-state index in [1.807, 2.05) is 13.0 Å². The van der Waals surface area contributed by atoms with Crippen LogP contribution in [-0.4, -0.2) is 80.4 Å². The number of imidazole rings is 1. The van der Waals surface area contributed by atoms with Gasteiger partial charge in [-0.25, -0.2) is 9.78 Å². The number of carbonyl (C=O) groups is 1. The maximum Gasteiger partial charge on any atom is 0.346 e. The largest absolute Gasteiger partial charge is 0.477 e. The Hall–Kier alpha value is -2.96. The van der Waals surface area contributed by atoms with Crippen molar-refractivity contribution in [3.8, 4) is 0 Å². The Morgan fingerprint density at radius 3 is 2.80 bits per heavy atom. The smallest absolute Gasteiger partial charge is 0.346 e. The molecule has 210 valence electrons. The summed E-state index contributed by atoms with van der Waals surface area (Å²) in [5.74, 6) is -0.0534. The van der Waals surface area contributed by atoms with Crippen LogP contribution in [0.25, 0.3) is 10.3 Å². The van der Waals surface area contributed by atoms with Gasteiger partial charge in [-0.15, -0.1) is 11.3 Å². The molecule has 1 N–H and O–H groups in total. The van der Waals surface area contributed by atoms with Crippen molar-refractivity contribution in [1.82, 2.24) is 24.3 Å². The Kier molecular flexibility index (Phi) is 6.59. The van der Waals surface area contributed by atoms with E-state index in [0.717, 1.165) is 73.3 Å². The van der Waals surface area contributed by atoms with Crippen molar-refractivity contribution in [3.63, 3.8) is 0 Å². The van der Waals surface area contributed by atoms with E-state index >= 15 is 0 Å². The van der Waals surface area contributed by atoms with Crippen molar-refractivity contribution in [2.75, 3.05) is 32.8 Å². The molecule has 10 nitrogen and oxygen atoms in total. The van der Waals surface area contributed by atoms with Gasteiger partial charge in [-0.3, -0.25) is 9.88 Å². The van der Waals surface area contributed by atoms with Gasteiger partial charge in [0.1, 0.15) is 27.3 Å². The SMILES string of the molecule is CC1(c2ccc(Cl)cn2)OC2=C(N3CCN(Cc4nc5sc(C(=O)O)cc5n4CC4CCO4)CC3)C=CCC2O1. The molecule has 0 aromatic carbocycles. The molecule has 0 saturated carbocycles. The number of fused-ring (bicyclic) bond motifs is 2. The van der Waals surface area contributed by atoms with E-state index in [2.05, 4.69) is 31.5 Å². The van der Waals surface area contributed by atoms with E-state index < -0.39 is 11.8 Å². The number of pyridine rings is 1. The third-order valence-electron chi connectivity index (χ3n) is 8.03. The van der Waals surface area contributed by atoms with Gasteiger partial charge in [-0.05, 0) is 37.1 Å². The molecule has 0 bridgehead atoms. The third kappa shape index (κ3) is 4.69. The minimum absolute atomic E-state index is 0.148. The zero-order chi connectivity index (χ0) is 27.4. The molecule has 40 heavy (non-hydrogen) atoms. The molecule has 3 unspecified atom stereocenters. The molecule has 0 radical (unpaired) electrons. The number of rotatable bonds is 7. The van der Waals surface area contributed by atoms with Crippen molar-refractivity contribution in [1.29, 1.82) is 0 Å². The number of allylic oxidation sites excluding steroid dienone is 1. The highest BCUT2D eigenvalue weighted by Crippen LogP contribution is 2.43. The Labute approximate surface area is 240 Å². The predicted molar refractivity (Wildman–Crippen MR) is 149 cm³/mol. The summed E-state index contributed by atoms with van der Waals surface area (Å²) in [6.07, 6.45) is 7.69. The zero-order valence-corrected chi connectivity index (χ0v) is 23.7. The first-order valence-corrected chi connectivity index (χ1v) is 14.8. The van der Waals surface area contributed by atoms with Crippen molar-refractivity contribution >= 4 is 39.3 Å². The highest BCUT2D eigenvalue weighted by molar-refractivity contribution is 7.20. The van der Waals surface area contributed by atoms with Gasteiger partial charge >= 0.3 is 5.97 Å². The summed E-state index contributed by atoms with van der Waals surface area (Å²) < 4.78 is 20.7. The number of hydrogen-bond donors (Lipinski definition) is 1. The summed E-state index contributed by atoms with van der Waals surface area (Å²) in [5, 5.41) is 10.0. The Bertz CT molecular complexity index is 1510. The number of ether oxygens (including phenoxy) is 3. The molecular formula is C28H30ClN5O5S. The number of piperazine rings is 1. The van der Waals surface area contributed by atoms with Crippen LogP contribution in [0.2, 0.25) is 5.02 Å². The molecule has 3 aromatic rings. The standard InChI is InChI=1S/C28H30ClN5O5S/c1-28(23-6-5-17(29)14-30-23)38-21-4-2-3-19(25(21)39-28)33-10-8-32(9-11-33)16-24-31-26-20(13-22(40-26)27(35)36)34(24)15-18-7-12-37-18/h2-3,5-6,13-14,18,21H,4,7-12,15-16H2,1H3,(H,35,36). The molecule has 7 rings (SSSR count). The molecule has 4 aliphatic rings. The number of halogens is 1. The van der Waals surface area contributed by atoms with Crippen LogP contribution in [0, 0.1) is 0 Å².